The van der Waals surface area contributed by atoms with Crippen LogP contribution in [-0.4, -0.2) is 34.8 Å². The van der Waals surface area contributed by atoms with Crippen molar-refractivity contribution in [2.75, 3.05) is 18.1 Å². The average molecular weight is 467 g/mol. The van der Waals surface area contributed by atoms with Gasteiger partial charge in [0.15, 0.2) is 0 Å². The van der Waals surface area contributed by atoms with Gasteiger partial charge in [-0.15, -0.1) is 11.8 Å². The Bertz CT molecular complexity index is 1030. The van der Waals surface area contributed by atoms with Crippen LogP contribution in [0.15, 0.2) is 71.3 Å². The van der Waals surface area contributed by atoms with Gasteiger partial charge in [-0.05, 0) is 42.3 Å². The molecule has 1 aliphatic rings. The SMILES string of the molecule is Cc1ccc(CSCCNC(=O)c2ccc([C@H]3SCC(=O)N3Cc3ccco3)cc2)cc1. The highest BCUT2D eigenvalue weighted by Gasteiger charge is 2.33. The van der Waals surface area contributed by atoms with Gasteiger partial charge in [-0.25, -0.2) is 0 Å². The van der Waals surface area contributed by atoms with E-state index in [0.29, 0.717) is 24.4 Å². The maximum absolute atomic E-state index is 12.5. The minimum absolute atomic E-state index is 0.0668. The van der Waals surface area contributed by atoms with Crippen LogP contribution in [0.2, 0.25) is 0 Å². The van der Waals surface area contributed by atoms with Gasteiger partial charge in [-0.1, -0.05) is 42.0 Å². The third-order valence-electron chi connectivity index (χ3n) is 5.25. The van der Waals surface area contributed by atoms with Crippen molar-refractivity contribution in [2.45, 2.75) is 24.6 Å². The fourth-order valence-corrected chi connectivity index (χ4v) is 5.49. The van der Waals surface area contributed by atoms with E-state index in [4.69, 9.17) is 4.42 Å². The van der Waals surface area contributed by atoms with E-state index in [1.54, 1.807) is 18.0 Å². The van der Waals surface area contributed by atoms with Gasteiger partial charge in [-0.3, -0.25) is 9.59 Å². The van der Waals surface area contributed by atoms with Crippen LogP contribution < -0.4 is 5.32 Å². The molecule has 0 bridgehead atoms. The Balaban J connectivity index is 1.25. The highest BCUT2D eigenvalue weighted by molar-refractivity contribution is 8.00. The second kappa shape index (κ2) is 10.8. The molecule has 7 heteroatoms. The largest absolute Gasteiger partial charge is 0.467 e. The van der Waals surface area contributed by atoms with E-state index in [9.17, 15) is 9.59 Å². The number of hydrogen-bond donors (Lipinski definition) is 1. The average Bonchev–Trinajstić information content (AvgIpc) is 3.45. The molecule has 2 amide bonds. The molecule has 0 aliphatic carbocycles. The highest BCUT2D eigenvalue weighted by Crippen LogP contribution is 2.39. The first-order chi connectivity index (χ1) is 15.6. The number of thioether (sulfide) groups is 2. The molecule has 1 fully saturated rings. The second-order valence-corrected chi connectivity index (χ2v) is 9.85. The molecule has 3 aromatic rings. The lowest BCUT2D eigenvalue weighted by Crippen LogP contribution is -2.28. The van der Waals surface area contributed by atoms with Crippen molar-refractivity contribution in [2.24, 2.45) is 0 Å². The minimum atomic E-state index is -0.0740. The van der Waals surface area contributed by atoms with Crippen molar-refractivity contribution in [1.29, 1.82) is 0 Å². The first-order valence-corrected chi connectivity index (χ1v) is 12.8. The van der Waals surface area contributed by atoms with Gasteiger partial charge < -0.3 is 14.6 Å². The number of carbonyl (C=O) groups is 2. The Morgan fingerprint density at radius 3 is 2.66 bits per heavy atom. The zero-order chi connectivity index (χ0) is 22.3. The first kappa shape index (κ1) is 22.6. The van der Waals surface area contributed by atoms with Crippen LogP contribution in [0.4, 0.5) is 0 Å². The topological polar surface area (TPSA) is 62.6 Å². The lowest BCUT2D eigenvalue weighted by molar-refractivity contribution is -0.128. The zero-order valence-electron chi connectivity index (χ0n) is 18.0. The van der Waals surface area contributed by atoms with Crippen LogP contribution in [0.25, 0.3) is 0 Å². The number of amides is 2. The van der Waals surface area contributed by atoms with E-state index in [2.05, 4.69) is 36.5 Å². The van der Waals surface area contributed by atoms with Crippen molar-refractivity contribution in [3.05, 3.63) is 94.9 Å². The van der Waals surface area contributed by atoms with Crippen molar-refractivity contribution in [3.63, 3.8) is 0 Å². The van der Waals surface area contributed by atoms with Crippen LogP contribution in [0, 0.1) is 6.92 Å². The summed E-state index contributed by atoms with van der Waals surface area (Å²) < 4.78 is 5.41. The fraction of sp³-hybridized carbons (Fsp3) is 0.280. The number of nitrogens with one attached hydrogen (secondary N) is 1. The number of aryl methyl sites for hydroxylation is 1. The Morgan fingerprint density at radius 1 is 1.16 bits per heavy atom. The standard InChI is InChI=1S/C25H26N2O3S2/c1-18-4-6-19(7-5-18)16-31-14-12-26-24(29)20-8-10-21(11-9-20)25-27(23(28)17-32-25)15-22-3-2-13-30-22/h2-11,13,25H,12,14-17H2,1H3,(H,26,29)/t25-/m1/s1. The predicted octanol–water partition coefficient (Wildman–Crippen LogP) is 5.03. The molecule has 0 spiro atoms. The van der Waals surface area contributed by atoms with E-state index in [1.807, 2.05) is 53.1 Å². The maximum atomic E-state index is 12.5. The van der Waals surface area contributed by atoms with Crippen molar-refractivity contribution in [3.8, 4) is 0 Å². The third-order valence-corrected chi connectivity index (χ3v) is 7.54. The molecular weight excluding hydrogens is 440 g/mol. The third kappa shape index (κ3) is 5.78. The summed E-state index contributed by atoms with van der Waals surface area (Å²) >= 11 is 3.41. The van der Waals surface area contributed by atoms with Crippen LogP contribution in [0.1, 0.15) is 38.2 Å². The summed E-state index contributed by atoms with van der Waals surface area (Å²) in [6, 6.07) is 19.8. The molecule has 4 rings (SSSR count). The molecule has 32 heavy (non-hydrogen) atoms. The van der Waals surface area contributed by atoms with Gasteiger partial charge in [0.05, 0.1) is 18.6 Å². The van der Waals surface area contributed by atoms with Crippen LogP contribution >= 0.6 is 23.5 Å². The van der Waals surface area contributed by atoms with E-state index < -0.39 is 0 Å². The zero-order valence-corrected chi connectivity index (χ0v) is 19.6. The number of carbonyl (C=O) groups excluding carboxylic acids is 2. The number of rotatable bonds is 9. The van der Waals surface area contributed by atoms with Crippen LogP contribution in [-0.2, 0) is 17.1 Å². The van der Waals surface area contributed by atoms with E-state index >= 15 is 0 Å². The van der Waals surface area contributed by atoms with Crippen LogP contribution in [0.5, 0.6) is 0 Å². The quantitative estimate of drug-likeness (QED) is 0.449. The molecule has 5 nitrogen and oxygen atoms in total. The van der Waals surface area contributed by atoms with E-state index in [-0.39, 0.29) is 17.2 Å². The molecule has 166 valence electrons. The Hall–Kier alpha value is -2.64. The molecule has 2 aromatic carbocycles. The molecule has 0 saturated carbocycles. The number of hydrogen-bond acceptors (Lipinski definition) is 5. The summed E-state index contributed by atoms with van der Waals surface area (Å²) in [5, 5.41) is 2.92. The molecule has 1 aliphatic heterocycles. The molecule has 1 atom stereocenters. The van der Waals surface area contributed by atoms with E-state index in [0.717, 1.165) is 22.8 Å². The summed E-state index contributed by atoms with van der Waals surface area (Å²) in [7, 11) is 0. The van der Waals surface area contributed by atoms with Crippen molar-refractivity contribution in [1.82, 2.24) is 10.2 Å². The smallest absolute Gasteiger partial charge is 0.251 e. The summed E-state index contributed by atoms with van der Waals surface area (Å²) in [4.78, 5) is 26.6. The van der Waals surface area contributed by atoms with Crippen molar-refractivity contribution < 1.29 is 14.0 Å². The van der Waals surface area contributed by atoms with Gasteiger partial charge >= 0.3 is 0 Å². The van der Waals surface area contributed by atoms with Crippen LogP contribution in [0.3, 0.4) is 0 Å². The number of benzene rings is 2. The van der Waals surface area contributed by atoms with Gasteiger partial charge in [0.25, 0.3) is 5.91 Å². The number of nitrogens with zero attached hydrogens (tertiary/aromatic N) is 1. The highest BCUT2D eigenvalue weighted by atomic mass is 32.2. The predicted molar refractivity (Wildman–Crippen MR) is 131 cm³/mol. The Morgan fingerprint density at radius 2 is 1.94 bits per heavy atom. The summed E-state index contributed by atoms with van der Waals surface area (Å²) in [6.07, 6.45) is 1.62. The molecule has 2 heterocycles. The second-order valence-electron chi connectivity index (χ2n) is 7.68. The fourth-order valence-electron chi connectivity index (χ4n) is 3.48. The first-order valence-electron chi connectivity index (χ1n) is 10.5. The monoisotopic (exact) mass is 466 g/mol. The lowest BCUT2D eigenvalue weighted by atomic mass is 10.1. The molecule has 0 unspecified atom stereocenters. The van der Waals surface area contributed by atoms with Gasteiger partial charge in [0.2, 0.25) is 5.91 Å². The van der Waals surface area contributed by atoms with Gasteiger partial charge in [0.1, 0.15) is 11.1 Å². The maximum Gasteiger partial charge on any atom is 0.251 e. The van der Waals surface area contributed by atoms with Gasteiger partial charge in [0, 0.05) is 23.6 Å². The number of furan rings is 1. The van der Waals surface area contributed by atoms with Crippen molar-refractivity contribution >= 4 is 35.3 Å². The molecular formula is C25H26N2O3S2. The Kier molecular flexibility index (Phi) is 7.60. The summed E-state index contributed by atoms with van der Waals surface area (Å²) in [5.41, 5.74) is 4.20. The normalized spacial score (nSPS) is 15.8. The minimum Gasteiger partial charge on any atom is -0.467 e. The summed E-state index contributed by atoms with van der Waals surface area (Å²) in [5.74, 6) is 3.05. The molecule has 1 aromatic heterocycles. The summed E-state index contributed by atoms with van der Waals surface area (Å²) in [6.45, 7) is 3.16. The Labute approximate surface area is 196 Å². The van der Waals surface area contributed by atoms with Gasteiger partial charge in [-0.2, -0.15) is 11.8 Å². The van der Waals surface area contributed by atoms with E-state index in [1.165, 1.54) is 11.1 Å². The molecule has 1 saturated heterocycles. The molecule has 1 N–H and O–H groups in total. The lowest BCUT2D eigenvalue weighted by Gasteiger charge is -2.23. The molecule has 0 radical (unpaired) electrons.